The van der Waals surface area contributed by atoms with E-state index in [-0.39, 0.29) is 5.56 Å². The molecule has 0 atom stereocenters. The Morgan fingerprint density at radius 3 is 2.64 bits per heavy atom. The molecule has 5 nitrogen and oxygen atoms in total. The summed E-state index contributed by atoms with van der Waals surface area (Å²) in [7, 11) is 1.62. The number of fused-ring (bicyclic) bond motifs is 1. The summed E-state index contributed by atoms with van der Waals surface area (Å²) in [5.41, 5.74) is 3.91. The first-order valence-electron chi connectivity index (χ1n) is 8.48. The molecule has 0 aliphatic carbocycles. The molecular weight excluding hydrogens is 314 g/mol. The molecular formula is C20H21N3O2. The second-order valence-electron chi connectivity index (χ2n) is 6.33. The molecule has 25 heavy (non-hydrogen) atoms. The molecule has 128 valence electrons. The highest BCUT2D eigenvalue weighted by atomic mass is 16.5. The van der Waals surface area contributed by atoms with Crippen LogP contribution < -0.4 is 10.3 Å². The van der Waals surface area contributed by atoms with Gasteiger partial charge in [0.05, 0.1) is 12.7 Å². The smallest absolute Gasteiger partial charge is 0.276 e. The van der Waals surface area contributed by atoms with E-state index < -0.39 is 0 Å². The molecule has 3 aromatic rings. The van der Waals surface area contributed by atoms with Crippen molar-refractivity contribution in [2.24, 2.45) is 0 Å². The van der Waals surface area contributed by atoms with Gasteiger partial charge in [-0.15, -0.1) is 0 Å². The van der Waals surface area contributed by atoms with Crippen LogP contribution in [0.15, 0.2) is 59.4 Å². The van der Waals surface area contributed by atoms with E-state index in [1.54, 1.807) is 11.8 Å². The zero-order valence-corrected chi connectivity index (χ0v) is 14.2. The van der Waals surface area contributed by atoms with E-state index in [2.05, 4.69) is 34.3 Å². The minimum absolute atomic E-state index is 0.0114. The zero-order chi connectivity index (χ0) is 17.2. The van der Waals surface area contributed by atoms with Crippen LogP contribution >= 0.6 is 0 Å². The topological polar surface area (TPSA) is 50.3 Å². The lowest BCUT2D eigenvalue weighted by Gasteiger charge is -2.25. The largest absolute Gasteiger partial charge is 0.494 e. The highest BCUT2D eigenvalue weighted by Gasteiger charge is 2.23. The molecule has 1 N–H and O–H groups in total. The van der Waals surface area contributed by atoms with Crippen LogP contribution in [0, 0.1) is 0 Å². The highest BCUT2D eigenvalue weighted by molar-refractivity contribution is 5.46. The van der Waals surface area contributed by atoms with E-state index in [9.17, 15) is 4.79 Å². The van der Waals surface area contributed by atoms with Gasteiger partial charge in [-0.1, -0.05) is 42.5 Å². The van der Waals surface area contributed by atoms with Crippen molar-refractivity contribution in [2.75, 3.05) is 13.7 Å². The van der Waals surface area contributed by atoms with Gasteiger partial charge in [-0.2, -0.15) is 0 Å². The highest BCUT2D eigenvalue weighted by Crippen LogP contribution is 2.23. The van der Waals surface area contributed by atoms with Crippen molar-refractivity contribution in [1.29, 1.82) is 0 Å². The van der Waals surface area contributed by atoms with Crippen LogP contribution in [0.25, 0.3) is 5.69 Å². The number of para-hydroxylation sites is 2. The molecule has 0 fully saturated rings. The van der Waals surface area contributed by atoms with Crippen LogP contribution in [-0.2, 0) is 19.5 Å². The summed E-state index contributed by atoms with van der Waals surface area (Å²) in [5, 5.41) is 3.27. The molecule has 0 bridgehead atoms. The van der Waals surface area contributed by atoms with E-state index >= 15 is 0 Å². The van der Waals surface area contributed by atoms with Gasteiger partial charge >= 0.3 is 0 Å². The normalized spacial score (nSPS) is 14.3. The maximum atomic E-state index is 12.9. The SMILES string of the molecule is COc1ccccc1-n1[nH]c2c(c1=O)CN(Cc1ccccc1)CC2. The third-order valence-electron chi connectivity index (χ3n) is 4.71. The Hall–Kier alpha value is -2.79. The Morgan fingerprint density at radius 2 is 1.84 bits per heavy atom. The molecule has 0 saturated heterocycles. The summed E-state index contributed by atoms with van der Waals surface area (Å²) in [4.78, 5) is 15.2. The molecule has 0 unspecified atom stereocenters. The molecule has 1 aliphatic rings. The Morgan fingerprint density at radius 1 is 1.08 bits per heavy atom. The number of aromatic nitrogens is 2. The number of benzene rings is 2. The number of rotatable bonds is 4. The summed E-state index contributed by atoms with van der Waals surface area (Å²) in [6.07, 6.45) is 0.847. The van der Waals surface area contributed by atoms with E-state index in [1.807, 2.05) is 30.3 Å². The van der Waals surface area contributed by atoms with Crippen LogP contribution in [0.4, 0.5) is 0 Å². The van der Waals surface area contributed by atoms with Gasteiger partial charge in [0.15, 0.2) is 0 Å². The molecule has 2 aromatic carbocycles. The second-order valence-corrected chi connectivity index (χ2v) is 6.33. The van der Waals surface area contributed by atoms with E-state index in [0.29, 0.717) is 12.3 Å². The predicted molar refractivity (Wildman–Crippen MR) is 97.2 cm³/mol. The van der Waals surface area contributed by atoms with Gasteiger partial charge in [0.2, 0.25) is 0 Å². The second kappa shape index (κ2) is 6.61. The minimum atomic E-state index is 0.0114. The van der Waals surface area contributed by atoms with E-state index in [1.165, 1.54) is 5.56 Å². The van der Waals surface area contributed by atoms with Crippen LogP contribution in [0.1, 0.15) is 16.8 Å². The minimum Gasteiger partial charge on any atom is -0.494 e. The third-order valence-corrected chi connectivity index (χ3v) is 4.71. The number of methoxy groups -OCH3 is 1. The predicted octanol–water partition coefficient (Wildman–Crippen LogP) is 2.73. The maximum Gasteiger partial charge on any atom is 0.276 e. The van der Waals surface area contributed by atoms with Gasteiger partial charge in [-0.05, 0) is 17.7 Å². The Bertz CT molecular complexity index is 928. The molecule has 2 heterocycles. The Kier molecular flexibility index (Phi) is 4.15. The monoisotopic (exact) mass is 335 g/mol. The summed E-state index contributed by atoms with van der Waals surface area (Å²) < 4.78 is 7.00. The number of nitrogens with zero attached hydrogens (tertiary/aromatic N) is 2. The standard InChI is InChI=1S/C20H21N3O2/c1-25-19-10-6-5-9-18(19)23-20(24)16-14-22(12-11-17(16)21-23)13-15-7-3-2-4-8-15/h2-10,21H,11-14H2,1H3. The average Bonchev–Trinajstić information content (AvgIpc) is 2.99. The van der Waals surface area contributed by atoms with Crippen molar-refractivity contribution in [3.63, 3.8) is 0 Å². The average molecular weight is 335 g/mol. The lowest BCUT2D eigenvalue weighted by Crippen LogP contribution is -2.32. The molecule has 1 aliphatic heterocycles. The summed E-state index contributed by atoms with van der Waals surface area (Å²) in [5.74, 6) is 0.685. The van der Waals surface area contributed by atoms with Crippen molar-refractivity contribution in [3.8, 4) is 11.4 Å². The first-order valence-corrected chi connectivity index (χ1v) is 8.48. The molecule has 4 rings (SSSR count). The van der Waals surface area contributed by atoms with Gasteiger partial charge in [0.1, 0.15) is 11.4 Å². The molecule has 0 radical (unpaired) electrons. The molecule has 1 aromatic heterocycles. The Balaban J connectivity index is 1.63. The fourth-order valence-corrected chi connectivity index (χ4v) is 3.42. The summed E-state index contributed by atoms with van der Waals surface area (Å²) in [6.45, 7) is 2.47. The first kappa shape index (κ1) is 15.7. The van der Waals surface area contributed by atoms with Crippen molar-refractivity contribution >= 4 is 0 Å². The number of hydrogen-bond donors (Lipinski definition) is 1. The van der Waals surface area contributed by atoms with Crippen molar-refractivity contribution < 1.29 is 4.74 Å². The first-order chi connectivity index (χ1) is 12.3. The van der Waals surface area contributed by atoms with Gasteiger partial charge in [-0.25, -0.2) is 4.68 Å². The fraction of sp³-hybridized carbons (Fsp3) is 0.250. The van der Waals surface area contributed by atoms with Gasteiger partial charge < -0.3 is 4.74 Å². The van der Waals surface area contributed by atoms with Crippen molar-refractivity contribution in [3.05, 3.63) is 81.8 Å². The fourth-order valence-electron chi connectivity index (χ4n) is 3.42. The van der Waals surface area contributed by atoms with Crippen LogP contribution in [-0.4, -0.2) is 28.3 Å². The summed E-state index contributed by atoms with van der Waals surface area (Å²) in [6, 6.07) is 17.9. The number of ether oxygens (including phenoxy) is 1. The molecule has 0 spiro atoms. The quantitative estimate of drug-likeness (QED) is 0.798. The Labute approximate surface area is 146 Å². The van der Waals surface area contributed by atoms with Gasteiger partial charge in [0.25, 0.3) is 5.56 Å². The van der Waals surface area contributed by atoms with Crippen LogP contribution in [0.2, 0.25) is 0 Å². The lowest BCUT2D eigenvalue weighted by atomic mass is 10.1. The van der Waals surface area contributed by atoms with Gasteiger partial charge in [-0.3, -0.25) is 14.8 Å². The molecule has 0 saturated carbocycles. The van der Waals surface area contributed by atoms with Crippen molar-refractivity contribution in [2.45, 2.75) is 19.5 Å². The zero-order valence-electron chi connectivity index (χ0n) is 14.2. The van der Waals surface area contributed by atoms with Crippen LogP contribution in [0.3, 0.4) is 0 Å². The van der Waals surface area contributed by atoms with Gasteiger partial charge in [0, 0.05) is 31.7 Å². The number of H-pyrrole nitrogens is 1. The van der Waals surface area contributed by atoms with Crippen molar-refractivity contribution in [1.82, 2.24) is 14.7 Å². The number of hydrogen-bond acceptors (Lipinski definition) is 3. The van der Waals surface area contributed by atoms with Crippen LogP contribution in [0.5, 0.6) is 5.75 Å². The maximum absolute atomic E-state index is 12.9. The third kappa shape index (κ3) is 2.98. The lowest BCUT2D eigenvalue weighted by molar-refractivity contribution is 0.244. The summed E-state index contributed by atoms with van der Waals surface area (Å²) >= 11 is 0. The van der Waals surface area contributed by atoms with E-state index in [4.69, 9.17) is 4.74 Å². The van der Waals surface area contributed by atoms with E-state index in [0.717, 1.165) is 36.5 Å². The molecule has 5 heteroatoms. The molecule has 0 amide bonds. The number of nitrogens with one attached hydrogen (secondary N) is 1. The number of aromatic amines is 1.